The van der Waals surface area contributed by atoms with E-state index in [4.69, 9.17) is 5.73 Å². The Bertz CT molecular complexity index is 285. The molecule has 0 unspecified atom stereocenters. The molecule has 1 rings (SSSR count). The topological polar surface area (TPSA) is 55.0 Å². The van der Waals surface area contributed by atoms with Crippen LogP contribution in [0, 0.1) is 0 Å². The van der Waals surface area contributed by atoms with Crippen LogP contribution in [0.25, 0.3) is 0 Å². The lowest BCUT2D eigenvalue weighted by molar-refractivity contribution is 0.800. The van der Waals surface area contributed by atoms with Gasteiger partial charge in [-0.15, -0.1) is 0 Å². The maximum atomic E-state index is 5.48. The Kier molecular flexibility index (Phi) is 3.83. The van der Waals surface area contributed by atoms with Crippen molar-refractivity contribution in [1.82, 2.24) is 9.97 Å². The van der Waals surface area contributed by atoms with Crippen molar-refractivity contribution >= 4 is 5.82 Å². The average Bonchev–Trinajstić information content (AvgIpc) is 2.18. The zero-order valence-corrected chi connectivity index (χ0v) is 9.07. The first-order valence-electron chi connectivity index (χ1n) is 4.88. The summed E-state index contributed by atoms with van der Waals surface area (Å²) in [4.78, 5) is 10.4. The van der Waals surface area contributed by atoms with E-state index in [2.05, 4.69) is 23.8 Å². The third kappa shape index (κ3) is 2.67. The number of nitrogens with two attached hydrogens (primary N) is 1. The number of aromatic nitrogens is 2. The summed E-state index contributed by atoms with van der Waals surface area (Å²) in [6.45, 7) is 5.69. The fourth-order valence-electron chi connectivity index (χ4n) is 1.19. The zero-order valence-electron chi connectivity index (χ0n) is 9.07. The molecule has 4 heteroatoms. The highest BCUT2D eigenvalue weighted by molar-refractivity contribution is 5.38. The third-order valence-electron chi connectivity index (χ3n) is 2.12. The van der Waals surface area contributed by atoms with E-state index in [0.717, 1.165) is 18.1 Å². The third-order valence-corrected chi connectivity index (χ3v) is 2.12. The van der Waals surface area contributed by atoms with Gasteiger partial charge in [0.25, 0.3) is 0 Å². The summed E-state index contributed by atoms with van der Waals surface area (Å²) in [5.74, 6) is 1.37. The van der Waals surface area contributed by atoms with Gasteiger partial charge in [0.15, 0.2) is 0 Å². The molecule has 1 heterocycles. The summed E-state index contributed by atoms with van der Waals surface area (Å²) in [5.41, 5.74) is 6.55. The Morgan fingerprint density at radius 3 is 2.71 bits per heavy atom. The van der Waals surface area contributed by atoms with Crippen LogP contribution in [-0.2, 0) is 0 Å². The normalized spacial score (nSPS) is 10.6. The Balaban J connectivity index is 2.82. The van der Waals surface area contributed by atoms with Gasteiger partial charge in [-0.2, -0.15) is 0 Å². The van der Waals surface area contributed by atoms with E-state index in [1.807, 2.05) is 18.0 Å². The van der Waals surface area contributed by atoms with Gasteiger partial charge >= 0.3 is 0 Å². The van der Waals surface area contributed by atoms with Gasteiger partial charge in [0.05, 0.1) is 0 Å². The largest absolute Gasteiger partial charge is 0.358 e. The molecular formula is C10H18N4. The van der Waals surface area contributed by atoms with Crippen LogP contribution in [0.5, 0.6) is 0 Å². The summed E-state index contributed by atoms with van der Waals surface area (Å²) in [7, 11) is 1.99. The van der Waals surface area contributed by atoms with Crippen LogP contribution in [0.1, 0.15) is 25.5 Å². The van der Waals surface area contributed by atoms with Gasteiger partial charge in [-0.05, 0) is 5.92 Å². The molecule has 0 aliphatic heterocycles. The standard InChI is InChI=1S/C10H18N4/c1-8(2)9-6-10(13-7-12-9)14(3)5-4-11/h6-8H,4-5,11H2,1-3H3. The van der Waals surface area contributed by atoms with E-state index in [9.17, 15) is 0 Å². The fourth-order valence-corrected chi connectivity index (χ4v) is 1.19. The molecule has 2 N–H and O–H groups in total. The van der Waals surface area contributed by atoms with Crippen molar-refractivity contribution in [1.29, 1.82) is 0 Å². The van der Waals surface area contributed by atoms with Gasteiger partial charge in [0.1, 0.15) is 12.1 Å². The molecule has 0 fully saturated rings. The molecule has 0 aliphatic carbocycles. The Morgan fingerprint density at radius 2 is 2.14 bits per heavy atom. The van der Waals surface area contributed by atoms with Crippen molar-refractivity contribution in [3.05, 3.63) is 18.1 Å². The van der Waals surface area contributed by atoms with Gasteiger partial charge in [0.2, 0.25) is 0 Å². The molecule has 0 amide bonds. The number of nitrogens with zero attached hydrogens (tertiary/aromatic N) is 3. The molecule has 14 heavy (non-hydrogen) atoms. The maximum absolute atomic E-state index is 5.48. The quantitative estimate of drug-likeness (QED) is 0.776. The summed E-state index contributed by atoms with van der Waals surface area (Å²) in [6, 6.07) is 2.01. The van der Waals surface area contributed by atoms with Crippen molar-refractivity contribution in [3.63, 3.8) is 0 Å². The minimum atomic E-state index is 0.433. The predicted octanol–water partition coefficient (Wildman–Crippen LogP) is 0.995. The first-order chi connectivity index (χ1) is 6.65. The van der Waals surface area contributed by atoms with E-state index in [0.29, 0.717) is 12.5 Å². The highest BCUT2D eigenvalue weighted by atomic mass is 15.2. The second-order valence-corrected chi connectivity index (χ2v) is 3.67. The van der Waals surface area contributed by atoms with Crippen molar-refractivity contribution in [2.75, 3.05) is 25.0 Å². The highest BCUT2D eigenvalue weighted by Gasteiger charge is 2.05. The average molecular weight is 194 g/mol. The van der Waals surface area contributed by atoms with E-state index >= 15 is 0 Å². The van der Waals surface area contributed by atoms with Crippen LogP contribution in [-0.4, -0.2) is 30.1 Å². The molecule has 0 atom stereocenters. The van der Waals surface area contributed by atoms with Crippen LogP contribution in [0.3, 0.4) is 0 Å². The van der Waals surface area contributed by atoms with Crippen molar-refractivity contribution < 1.29 is 0 Å². The molecule has 0 bridgehead atoms. The molecule has 78 valence electrons. The summed E-state index contributed by atoms with van der Waals surface area (Å²) >= 11 is 0. The monoisotopic (exact) mass is 194 g/mol. The van der Waals surface area contributed by atoms with Crippen LogP contribution >= 0.6 is 0 Å². The molecule has 0 aliphatic rings. The summed E-state index contributed by atoms with van der Waals surface area (Å²) in [5, 5.41) is 0. The Morgan fingerprint density at radius 1 is 1.43 bits per heavy atom. The van der Waals surface area contributed by atoms with Crippen molar-refractivity contribution in [2.24, 2.45) is 5.73 Å². The fraction of sp³-hybridized carbons (Fsp3) is 0.600. The van der Waals surface area contributed by atoms with Gasteiger partial charge in [-0.1, -0.05) is 13.8 Å². The lowest BCUT2D eigenvalue weighted by Gasteiger charge is -2.17. The molecule has 4 nitrogen and oxygen atoms in total. The molecule has 0 radical (unpaired) electrons. The lowest BCUT2D eigenvalue weighted by atomic mass is 10.1. The van der Waals surface area contributed by atoms with Crippen LogP contribution in [0.4, 0.5) is 5.82 Å². The number of likely N-dealkylation sites (N-methyl/N-ethyl adjacent to an activating group) is 1. The predicted molar refractivity (Wildman–Crippen MR) is 58.4 cm³/mol. The first-order valence-corrected chi connectivity index (χ1v) is 4.88. The van der Waals surface area contributed by atoms with E-state index in [-0.39, 0.29) is 0 Å². The molecular weight excluding hydrogens is 176 g/mol. The summed E-state index contributed by atoms with van der Waals surface area (Å²) in [6.07, 6.45) is 1.61. The number of hydrogen-bond donors (Lipinski definition) is 1. The van der Waals surface area contributed by atoms with Gasteiger partial charge in [-0.25, -0.2) is 9.97 Å². The van der Waals surface area contributed by atoms with Crippen molar-refractivity contribution in [3.8, 4) is 0 Å². The van der Waals surface area contributed by atoms with E-state index < -0.39 is 0 Å². The zero-order chi connectivity index (χ0) is 10.6. The van der Waals surface area contributed by atoms with Gasteiger partial charge in [0, 0.05) is 31.9 Å². The molecule has 0 saturated carbocycles. The molecule has 0 spiro atoms. The Labute approximate surface area is 85.2 Å². The molecule has 0 aromatic carbocycles. The second kappa shape index (κ2) is 4.91. The minimum absolute atomic E-state index is 0.433. The highest BCUT2D eigenvalue weighted by Crippen LogP contribution is 2.15. The van der Waals surface area contributed by atoms with Crippen LogP contribution < -0.4 is 10.6 Å². The lowest BCUT2D eigenvalue weighted by Crippen LogP contribution is -2.26. The number of anilines is 1. The second-order valence-electron chi connectivity index (χ2n) is 3.67. The maximum Gasteiger partial charge on any atom is 0.131 e. The minimum Gasteiger partial charge on any atom is -0.358 e. The van der Waals surface area contributed by atoms with Gasteiger partial charge < -0.3 is 10.6 Å². The number of hydrogen-bond acceptors (Lipinski definition) is 4. The van der Waals surface area contributed by atoms with Crippen molar-refractivity contribution in [2.45, 2.75) is 19.8 Å². The smallest absolute Gasteiger partial charge is 0.131 e. The van der Waals surface area contributed by atoms with Crippen LogP contribution in [0.2, 0.25) is 0 Å². The molecule has 1 aromatic rings. The molecule has 1 aromatic heterocycles. The van der Waals surface area contributed by atoms with E-state index in [1.54, 1.807) is 6.33 Å². The Hall–Kier alpha value is -1.16. The molecule has 0 saturated heterocycles. The first kappa shape index (κ1) is 10.9. The summed E-state index contributed by atoms with van der Waals surface area (Å²) < 4.78 is 0. The van der Waals surface area contributed by atoms with Crippen LogP contribution in [0.15, 0.2) is 12.4 Å². The van der Waals surface area contributed by atoms with Gasteiger partial charge in [-0.3, -0.25) is 0 Å². The SMILES string of the molecule is CC(C)c1cc(N(C)CCN)ncn1. The van der Waals surface area contributed by atoms with E-state index in [1.165, 1.54) is 0 Å². The number of rotatable bonds is 4.